The van der Waals surface area contributed by atoms with E-state index in [-0.39, 0.29) is 12.8 Å². The van der Waals surface area contributed by atoms with Gasteiger partial charge in [-0.25, -0.2) is 0 Å². The number of aliphatic carboxylic acids is 2. The van der Waals surface area contributed by atoms with Crippen LogP contribution in [0.2, 0.25) is 0 Å². The number of hydrogen-bond donors (Lipinski definition) is 2. The minimum absolute atomic E-state index is 0.0218. The molecule has 8 heteroatoms. The van der Waals surface area contributed by atoms with Crippen molar-refractivity contribution in [2.75, 3.05) is 34.9 Å². The summed E-state index contributed by atoms with van der Waals surface area (Å²) in [6, 6.07) is 37.4. The van der Waals surface area contributed by atoms with Crippen molar-refractivity contribution in [1.82, 2.24) is 0 Å². The van der Waals surface area contributed by atoms with E-state index in [1.807, 2.05) is 24.3 Å². The Labute approximate surface area is 237 Å². The van der Waals surface area contributed by atoms with Crippen LogP contribution in [0.15, 0.2) is 109 Å². The highest BCUT2D eigenvalue weighted by molar-refractivity contribution is 7.67. The van der Waals surface area contributed by atoms with Gasteiger partial charge in [0.25, 0.3) is 0 Å². The summed E-state index contributed by atoms with van der Waals surface area (Å²) in [7, 11) is -1.19. The number of carboxylic acids is 2. The number of benzene rings is 4. The van der Waals surface area contributed by atoms with Gasteiger partial charge in [-0.3, -0.25) is 9.59 Å². The van der Waals surface area contributed by atoms with Gasteiger partial charge in [0.1, 0.15) is 0 Å². The van der Waals surface area contributed by atoms with Gasteiger partial charge in [-0.1, -0.05) is 84.9 Å². The molecule has 0 bridgehead atoms. The molecule has 0 radical (unpaired) electrons. The maximum atomic E-state index is 11.2. The summed E-state index contributed by atoms with van der Waals surface area (Å²) in [5.41, 5.74) is 3.84. The van der Waals surface area contributed by atoms with Crippen LogP contribution in [0, 0.1) is 0 Å². The third kappa shape index (κ3) is 7.27. The lowest BCUT2D eigenvalue weighted by Crippen LogP contribution is -2.38. The number of nitrogens with zero attached hydrogens (tertiary/aromatic N) is 2. The van der Waals surface area contributed by atoms with Crippen molar-refractivity contribution in [2.24, 2.45) is 0 Å². The van der Waals surface area contributed by atoms with E-state index in [0.717, 1.165) is 47.6 Å². The molecule has 1 aliphatic rings. The summed E-state index contributed by atoms with van der Waals surface area (Å²) in [5.74, 6) is -1.65. The molecule has 2 N–H and O–H groups in total. The summed E-state index contributed by atoms with van der Waals surface area (Å²) in [4.78, 5) is 27.4. The van der Waals surface area contributed by atoms with Crippen LogP contribution in [-0.4, -0.2) is 47.3 Å². The molecule has 6 nitrogen and oxygen atoms in total. The second-order valence-electron chi connectivity index (χ2n) is 9.87. The van der Waals surface area contributed by atoms with Crippen LogP contribution in [0.3, 0.4) is 0 Å². The molecule has 0 unspecified atom stereocenters. The molecule has 1 saturated heterocycles. The highest BCUT2D eigenvalue weighted by Crippen LogP contribution is 2.47. The maximum Gasteiger partial charge on any atom is 0.307 e. The minimum atomic E-state index is -0.824. The van der Waals surface area contributed by atoms with Gasteiger partial charge in [0.05, 0.1) is 12.8 Å². The van der Waals surface area contributed by atoms with Crippen molar-refractivity contribution < 1.29 is 19.8 Å². The molecule has 0 saturated carbocycles. The normalized spacial score (nSPS) is 17.6. The monoisotopic (exact) mass is 570 g/mol. The summed E-state index contributed by atoms with van der Waals surface area (Å²) >= 11 is 0. The first kappa shape index (κ1) is 27.8. The van der Waals surface area contributed by atoms with E-state index in [1.165, 1.54) is 10.6 Å². The first-order valence-electron chi connectivity index (χ1n) is 13.2. The molecule has 1 aliphatic heterocycles. The Hall–Kier alpha value is -3.72. The molecule has 40 heavy (non-hydrogen) atoms. The number of carboxylic acid groups (broad SMARTS) is 2. The molecule has 1 fully saturated rings. The van der Waals surface area contributed by atoms with Crippen LogP contribution in [0.4, 0.5) is 11.4 Å². The largest absolute Gasteiger partial charge is 0.481 e. The summed E-state index contributed by atoms with van der Waals surface area (Å²) < 4.78 is 0. The van der Waals surface area contributed by atoms with Gasteiger partial charge in [0, 0.05) is 36.5 Å². The molecule has 204 valence electrons. The molecule has 0 atom stereocenters. The van der Waals surface area contributed by atoms with Gasteiger partial charge in [0.2, 0.25) is 0 Å². The average Bonchev–Trinajstić information content (AvgIpc) is 2.95. The first-order valence-corrected chi connectivity index (χ1v) is 16.6. The van der Waals surface area contributed by atoms with Gasteiger partial charge in [-0.2, -0.15) is 0 Å². The van der Waals surface area contributed by atoms with Crippen LogP contribution < -0.4 is 20.4 Å². The molecular formula is C32H32N2O4P2. The Morgan fingerprint density at radius 3 is 1.15 bits per heavy atom. The predicted octanol–water partition coefficient (Wildman–Crippen LogP) is 5.71. The van der Waals surface area contributed by atoms with Gasteiger partial charge >= 0.3 is 11.9 Å². The van der Waals surface area contributed by atoms with Crippen molar-refractivity contribution in [1.29, 1.82) is 0 Å². The fraction of sp³-hybridized carbons (Fsp3) is 0.188. The Bertz CT molecular complexity index is 1290. The van der Waals surface area contributed by atoms with Crippen molar-refractivity contribution in [3.8, 4) is 0 Å². The lowest BCUT2D eigenvalue weighted by molar-refractivity contribution is -0.137. The predicted molar refractivity (Wildman–Crippen MR) is 166 cm³/mol. The zero-order valence-corrected chi connectivity index (χ0v) is 23.9. The topological polar surface area (TPSA) is 81.1 Å². The highest BCUT2D eigenvalue weighted by atomic mass is 31.1. The van der Waals surface area contributed by atoms with E-state index >= 15 is 0 Å². The molecule has 4 aromatic rings. The first-order chi connectivity index (χ1) is 19.4. The number of anilines is 2. The van der Waals surface area contributed by atoms with Crippen molar-refractivity contribution in [3.63, 3.8) is 0 Å². The Kier molecular flexibility index (Phi) is 9.11. The van der Waals surface area contributed by atoms with Crippen LogP contribution in [-0.2, 0) is 22.4 Å². The lowest BCUT2D eigenvalue weighted by atomic mass is 10.1. The minimum Gasteiger partial charge on any atom is -0.481 e. The smallest absolute Gasteiger partial charge is 0.307 e. The molecule has 1 heterocycles. The standard InChI is InChI=1S/C32H32N2O4P2/c35-31(36)19-25-11-15-27(16-12-25)33-21-39(29-7-3-1-4-8-29)22-34(24-40(23-33)30-9-5-2-6-10-30)28-17-13-26(14-18-28)20-32(37)38/h1-18H,19-24H2,(H,35,36)(H,37,38). The quantitative estimate of drug-likeness (QED) is 0.264. The third-order valence-corrected chi connectivity index (χ3v) is 11.7. The fourth-order valence-corrected chi connectivity index (χ4v) is 9.97. The second kappa shape index (κ2) is 13.1. The van der Waals surface area contributed by atoms with Gasteiger partial charge in [-0.05, 0) is 61.8 Å². The molecule has 0 aromatic heterocycles. The van der Waals surface area contributed by atoms with Crippen LogP contribution in [0.1, 0.15) is 11.1 Å². The lowest BCUT2D eigenvalue weighted by Gasteiger charge is -2.41. The van der Waals surface area contributed by atoms with Gasteiger partial charge < -0.3 is 20.0 Å². The third-order valence-electron chi connectivity index (χ3n) is 6.92. The maximum absolute atomic E-state index is 11.2. The summed E-state index contributed by atoms with van der Waals surface area (Å²) in [6.45, 7) is 0. The Balaban J connectivity index is 1.50. The molecular weight excluding hydrogens is 538 g/mol. The van der Waals surface area contributed by atoms with Crippen LogP contribution >= 0.6 is 15.8 Å². The van der Waals surface area contributed by atoms with Crippen molar-refractivity contribution >= 4 is 49.8 Å². The van der Waals surface area contributed by atoms with Gasteiger partial charge in [-0.15, -0.1) is 0 Å². The van der Waals surface area contributed by atoms with Crippen molar-refractivity contribution in [3.05, 3.63) is 120 Å². The van der Waals surface area contributed by atoms with Crippen LogP contribution in [0.25, 0.3) is 0 Å². The van der Waals surface area contributed by atoms with E-state index in [1.54, 1.807) is 0 Å². The van der Waals surface area contributed by atoms with E-state index in [9.17, 15) is 19.8 Å². The zero-order valence-electron chi connectivity index (χ0n) is 22.1. The number of rotatable bonds is 8. The molecule has 0 aliphatic carbocycles. The summed E-state index contributed by atoms with van der Waals surface area (Å²) in [5, 5.41) is 21.1. The van der Waals surface area contributed by atoms with E-state index in [4.69, 9.17) is 0 Å². The number of carbonyl (C=O) groups is 2. The second-order valence-corrected chi connectivity index (χ2v) is 14.2. The fourth-order valence-electron chi connectivity index (χ4n) is 4.93. The Morgan fingerprint density at radius 2 is 0.850 bits per heavy atom. The van der Waals surface area contributed by atoms with Crippen LogP contribution in [0.5, 0.6) is 0 Å². The van der Waals surface area contributed by atoms with E-state index in [0.29, 0.717) is 0 Å². The van der Waals surface area contributed by atoms with E-state index < -0.39 is 27.8 Å². The van der Waals surface area contributed by atoms with Crippen molar-refractivity contribution in [2.45, 2.75) is 12.8 Å². The Morgan fingerprint density at radius 1 is 0.525 bits per heavy atom. The molecule has 4 aromatic carbocycles. The highest BCUT2D eigenvalue weighted by Gasteiger charge is 2.28. The SMILES string of the molecule is O=C(O)Cc1ccc(N2CP(c3ccccc3)CN(c3ccc(CC(=O)O)cc3)CP(c3ccccc3)C2)cc1. The number of hydrogen-bond acceptors (Lipinski definition) is 4. The zero-order chi connectivity index (χ0) is 27.9. The average molecular weight is 571 g/mol. The molecule has 5 rings (SSSR count). The molecule has 0 spiro atoms. The van der Waals surface area contributed by atoms with E-state index in [2.05, 4.69) is 94.7 Å². The molecule has 0 amide bonds. The van der Waals surface area contributed by atoms with Gasteiger partial charge in [0.15, 0.2) is 0 Å². The summed E-state index contributed by atoms with van der Waals surface area (Å²) in [6.07, 6.45) is 3.59.